The van der Waals surface area contributed by atoms with E-state index in [1.54, 1.807) is 36.1 Å². The zero-order valence-corrected chi connectivity index (χ0v) is 11.9. The number of likely N-dealkylation sites (tertiary alicyclic amines) is 1. The van der Waals surface area contributed by atoms with Gasteiger partial charge in [0, 0.05) is 19.0 Å². The second-order valence-corrected chi connectivity index (χ2v) is 5.61. The molecule has 0 radical (unpaired) electrons. The lowest BCUT2D eigenvalue weighted by atomic mass is 9.86. The number of carboxylic acid groups (broad SMARTS) is 1. The SMILES string of the molecule is CC(C(=O)O)C1CN(C(=O)[C@@H](N)Cc2ccc(O)cc2)C1. The Morgan fingerprint density at radius 1 is 1.33 bits per heavy atom. The van der Waals surface area contributed by atoms with Gasteiger partial charge in [-0.05, 0) is 24.1 Å². The molecule has 6 nitrogen and oxygen atoms in total. The fraction of sp³-hybridized carbons (Fsp3) is 0.467. The number of hydrogen-bond acceptors (Lipinski definition) is 4. The van der Waals surface area contributed by atoms with Crippen LogP contribution in [0, 0.1) is 11.8 Å². The maximum Gasteiger partial charge on any atom is 0.306 e. The number of aliphatic carboxylic acids is 1. The van der Waals surface area contributed by atoms with E-state index in [9.17, 15) is 14.7 Å². The van der Waals surface area contributed by atoms with Gasteiger partial charge in [-0.1, -0.05) is 19.1 Å². The number of carboxylic acids is 1. The van der Waals surface area contributed by atoms with Gasteiger partial charge in [0.1, 0.15) is 5.75 Å². The minimum Gasteiger partial charge on any atom is -0.508 e. The number of phenolic OH excluding ortho intramolecular Hbond substituents is 1. The molecule has 1 aromatic carbocycles. The molecule has 0 aromatic heterocycles. The third-order valence-electron chi connectivity index (χ3n) is 4.03. The molecule has 1 amide bonds. The molecule has 0 aliphatic carbocycles. The van der Waals surface area contributed by atoms with Crippen molar-refractivity contribution in [2.45, 2.75) is 19.4 Å². The monoisotopic (exact) mass is 292 g/mol. The predicted octanol–water partition coefficient (Wildman–Crippen LogP) is 0.441. The molecule has 0 saturated carbocycles. The first-order chi connectivity index (χ1) is 9.88. The highest BCUT2D eigenvalue weighted by molar-refractivity contribution is 5.83. The van der Waals surface area contributed by atoms with Crippen LogP contribution in [-0.4, -0.2) is 46.1 Å². The number of phenols is 1. The minimum atomic E-state index is -0.833. The van der Waals surface area contributed by atoms with Crippen molar-refractivity contribution in [1.82, 2.24) is 4.90 Å². The van der Waals surface area contributed by atoms with Gasteiger partial charge < -0.3 is 20.8 Å². The number of carbonyl (C=O) groups excluding carboxylic acids is 1. The molecule has 2 atom stereocenters. The Labute approximate surface area is 123 Å². The van der Waals surface area contributed by atoms with Crippen LogP contribution in [0.4, 0.5) is 0 Å². The molecule has 1 unspecified atom stereocenters. The van der Waals surface area contributed by atoms with E-state index in [0.717, 1.165) is 5.56 Å². The number of benzene rings is 1. The van der Waals surface area contributed by atoms with Gasteiger partial charge in [-0.2, -0.15) is 0 Å². The number of amides is 1. The number of rotatable bonds is 5. The van der Waals surface area contributed by atoms with Crippen LogP contribution < -0.4 is 5.73 Å². The Morgan fingerprint density at radius 2 is 1.90 bits per heavy atom. The van der Waals surface area contributed by atoms with Gasteiger partial charge in [0.2, 0.25) is 5.91 Å². The van der Waals surface area contributed by atoms with Crippen LogP contribution in [0.3, 0.4) is 0 Å². The third-order valence-corrected chi connectivity index (χ3v) is 4.03. The van der Waals surface area contributed by atoms with Crippen LogP contribution in [0.25, 0.3) is 0 Å². The average Bonchev–Trinajstić information content (AvgIpc) is 2.39. The van der Waals surface area contributed by atoms with Crippen molar-refractivity contribution in [3.05, 3.63) is 29.8 Å². The molecule has 1 heterocycles. The van der Waals surface area contributed by atoms with Crippen molar-refractivity contribution < 1.29 is 19.8 Å². The maximum absolute atomic E-state index is 12.1. The number of aromatic hydroxyl groups is 1. The molecule has 1 aromatic rings. The van der Waals surface area contributed by atoms with Crippen molar-refractivity contribution in [3.8, 4) is 5.75 Å². The summed E-state index contributed by atoms with van der Waals surface area (Å²) < 4.78 is 0. The normalized spacial score (nSPS) is 17.9. The zero-order chi connectivity index (χ0) is 15.6. The number of hydrogen-bond donors (Lipinski definition) is 3. The fourth-order valence-electron chi connectivity index (χ4n) is 2.42. The van der Waals surface area contributed by atoms with E-state index in [1.165, 1.54) is 0 Å². The minimum absolute atomic E-state index is 0.00678. The van der Waals surface area contributed by atoms with E-state index in [4.69, 9.17) is 10.8 Å². The van der Waals surface area contributed by atoms with Gasteiger partial charge in [0.25, 0.3) is 0 Å². The molecule has 1 aliphatic rings. The first-order valence-electron chi connectivity index (χ1n) is 6.93. The lowest BCUT2D eigenvalue weighted by Crippen LogP contribution is -2.58. The van der Waals surface area contributed by atoms with E-state index < -0.39 is 17.9 Å². The van der Waals surface area contributed by atoms with Crippen LogP contribution in [0.5, 0.6) is 5.75 Å². The van der Waals surface area contributed by atoms with E-state index in [1.807, 2.05) is 0 Å². The van der Waals surface area contributed by atoms with Gasteiger partial charge in [-0.25, -0.2) is 0 Å². The smallest absolute Gasteiger partial charge is 0.306 e. The number of nitrogens with two attached hydrogens (primary N) is 1. The van der Waals surface area contributed by atoms with Gasteiger partial charge in [-0.3, -0.25) is 9.59 Å². The fourth-order valence-corrected chi connectivity index (χ4v) is 2.42. The number of carbonyl (C=O) groups is 2. The Bertz CT molecular complexity index is 523. The quantitative estimate of drug-likeness (QED) is 0.730. The molecule has 4 N–H and O–H groups in total. The maximum atomic E-state index is 12.1. The Balaban J connectivity index is 1.84. The van der Waals surface area contributed by atoms with E-state index >= 15 is 0 Å². The lowest BCUT2D eigenvalue weighted by Gasteiger charge is -2.42. The van der Waals surface area contributed by atoms with Crippen LogP contribution in [0.1, 0.15) is 12.5 Å². The van der Waals surface area contributed by atoms with Gasteiger partial charge in [-0.15, -0.1) is 0 Å². The van der Waals surface area contributed by atoms with Crippen molar-refractivity contribution in [2.75, 3.05) is 13.1 Å². The van der Waals surface area contributed by atoms with E-state index in [0.29, 0.717) is 19.5 Å². The van der Waals surface area contributed by atoms with Crippen LogP contribution in [0.2, 0.25) is 0 Å². The highest BCUT2D eigenvalue weighted by Gasteiger charge is 2.38. The second kappa shape index (κ2) is 6.13. The summed E-state index contributed by atoms with van der Waals surface area (Å²) in [5.41, 5.74) is 6.79. The Kier molecular flexibility index (Phi) is 4.47. The summed E-state index contributed by atoms with van der Waals surface area (Å²) in [5.74, 6) is -1.25. The molecule has 0 spiro atoms. The van der Waals surface area contributed by atoms with E-state index in [2.05, 4.69) is 0 Å². The average molecular weight is 292 g/mol. The summed E-state index contributed by atoms with van der Waals surface area (Å²) in [6.45, 7) is 2.57. The molecular weight excluding hydrogens is 272 g/mol. The highest BCUT2D eigenvalue weighted by atomic mass is 16.4. The number of nitrogens with zero attached hydrogens (tertiary/aromatic N) is 1. The van der Waals surface area contributed by atoms with Crippen LogP contribution >= 0.6 is 0 Å². The van der Waals surface area contributed by atoms with E-state index in [-0.39, 0.29) is 17.6 Å². The summed E-state index contributed by atoms with van der Waals surface area (Å²) in [6.07, 6.45) is 0.398. The molecule has 0 bridgehead atoms. The molecule has 1 fully saturated rings. The van der Waals surface area contributed by atoms with Crippen LogP contribution in [-0.2, 0) is 16.0 Å². The molecular formula is C15H20N2O4. The first-order valence-corrected chi connectivity index (χ1v) is 6.93. The Morgan fingerprint density at radius 3 is 2.43 bits per heavy atom. The first kappa shape index (κ1) is 15.3. The largest absolute Gasteiger partial charge is 0.508 e. The zero-order valence-electron chi connectivity index (χ0n) is 11.9. The molecule has 1 saturated heterocycles. The summed E-state index contributed by atoms with van der Waals surface area (Å²) in [6, 6.07) is 5.93. The topological polar surface area (TPSA) is 104 Å². The van der Waals surface area contributed by atoms with Gasteiger partial charge >= 0.3 is 5.97 Å². The molecule has 2 rings (SSSR count). The Hall–Kier alpha value is -2.08. The molecule has 6 heteroatoms. The van der Waals surface area contributed by atoms with Gasteiger partial charge in [0.05, 0.1) is 12.0 Å². The highest BCUT2D eigenvalue weighted by Crippen LogP contribution is 2.24. The third kappa shape index (κ3) is 3.52. The summed E-state index contributed by atoms with van der Waals surface area (Å²) in [7, 11) is 0. The van der Waals surface area contributed by atoms with Crippen molar-refractivity contribution >= 4 is 11.9 Å². The summed E-state index contributed by atoms with van der Waals surface area (Å²) >= 11 is 0. The summed E-state index contributed by atoms with van der Waals surface area (Å²) in [4.78, 5) is 24.6. The van der Waals surface area contributed by atoms with Crippen molar-refractivity contribution in [3.63, 3.8) is 0 Å². The van der Waals surface area contributed by atoms with Crippen molar-refractivity contribution in [2.24, 2.45) is 17.6 Å². The lowest BCUT2D eigenvalue weighted by molar-refractivity contribution is -0.151. The predicted molar refractivity (Wildman–Crippen MR) is 76.7 cm³/mol. The standard InChI is InChI=1S/C15H20N2O4/c1-9(15(20)21)11-7-17(8-11)14(19)13(16)6-10-2-4-12(18)5-3-10/h2-5,9,11,13,18H,6-8,16H2,1H3,(H,20,21)/t9?,13-/m0/s1. The molecule has 21 heavy (non-hydrogen) atoms. The molecule has 114 valence electrons. The second-order valence-electron chi connectivity index (χ2n) is 5.61. The van der Waals surface area contributed by atoms with Gasteiger partial charge in [0.15, 0.2) is 0 Å². The van der Waals surface area contributed by atoms with Crippen molar-refractivity contribution in [1.29, 1.82) is 0 Å². The summed E-state index contributed by atoms with van der Waals surface area (Å²) in [5, 5.41) is 18.1. The molecule has 1 aliphatic heterocycles. The van der Waals surface area contributed by atoms with Crippen LogP contribution in [0.15, 0.2) is 24.3 Å².